The van der Waals surface area contributed by atoms with Crippen molar-refractivity contribution < 1.29 is 4.74 Å². The molecule has 2 N–H and O–H groups in total. The summed E-state index contributed by atoms with van der Waals surface area (Å²) in [6.45, 7) is 6.80. The second-order valence-corrected chi connectivity index (χ2v) is 6.13. The van der Waals surface area contributed by atoms with Gasteiger partial charge in [-0.25, -0.2) is 0 Å². The third-order valence-electron chi connectivity index (χ3n) is 4.71. The molecule has 1 aromatic rings. The Morgan fingerprint density at radius 2 is 2.05 bits per heavy atom. The van der Waals surface area contributed by atoms with E-state index in [0.29, 0.717) is 12.6 Å². The quantitative estimate of drug-likeness (QED) is 0.898. The fourth-order valence-electron chi connectivity index (χ4n) is 3.09. The number of nitrogens with zero attached hydrogens (tertiary/aromatic N) is 1. The zero-order chi connectivity index (χ0) is 14.6. The molecule has 2 atom stereocenters. The molecular formula is C17H28N2O. The molecule has 1 aromatic carbocycles. The Bertz CT molecular complexity index is 418. The molecule has 0 spiro atoms. The van der Waals surface area contributed by atoms with Crippen LogP contribution in [0.3, 0.4) is 0 Å². The lowest BCUT2D eigenvalue weighted by Crippen LogP contribution is -2.56. The summed E-state index contributed by atoms with van der Waals surface area (Å²) in [4.78, 5) is 2.43. The van der Waals surface area contributed by atoms with Gasteiger partial charge in [-0.1, -0.05) is 36.8 Å². The molecule has 0 aliphatic carbocycles. The van der Waals surface area contributed by atoms with Crippen molar-refractivity contribution in [2.45, 2.75) is 51.3 Å². The first-order valence-corrected chi connectivity index (χ1v) is 7.68. The Morgan fingerprint density at radius 1 is 1.35 bits per heavy atom. The van der Waals surface area contributed by atoms with Crippen molar-refractivity contribution >= 4 is 0 Å². The lowest BCUT2D eigenvalue weighted by molar-refractivity contribution is -0.0671. The van der Waals surface area contributed by atoms with E-state index in [1.54, 1.807) is 0 Å². The molecule has 0 amide bonds. The van der Waals surface area contributed by atoms with Crippen LogP contribution in [-0.2, 0) is 11.3 Å². The summed E-state index contributed by atoms with van der Waals surface area (Å²) in [6.07, 6.45) is 3.50. The minimum absolute atomic E-state index is 0.0871. The lowest BCUT2D eigenvalue weighted by Gasteiger charge is -2.46. The molecular weight excluding hydrogens is 248 g/mol. The lowest BCUT2D eigenvalue weighted by atomic mass is 9.84. The fraction of sp³-hybridized carbons (Fsp3) is 0.647. The van der Waals surface area contributed by atoms with Gasteiger partial charge in [0.1, 0.15) is 0 Å². The van der Waals surface area contributed by atoms with Gasteiger partial charge >= 0.3 is 0 Å². The second-order valence-electron chi connectivity index (χ2n) is 6.13. The second kappa shape index (κ2) is 6.70. The average molecular weight is 276 g/mol. The van der Waals surface area contributed by atoms with Crippen molar-refractivity contribution in [3.8, 4) is 0 Å². The summed E-state index contributed by atoms with van der Waals surface area (Å²) >= 11 is 0. The Morgan fingerprint density at radius 3 is 2.65 bits per heavy atom. The van der Waals surface area contributed by atoms with Crippen LogP contribution in [0.2, 0.25) is 0 Å². The SMILES string of the molecule is CCC1CC(CN)(N(C)Cc2ccc(C)cc2)CCO1. The zero-order valence-corrected chi connectivity index (χ0v) is 13.1. The normalized spacial score (nSPS) is 26.9. The minimum Gasteiger partial charge on any atom is -0.378 e. The third kappa shape index (κ3) is 3.40. The van der Waals surface area contributed by atoms with Gasteiger partial charge in [-0.15, -0.1) is 0 Å². The van der Waals surface area contributed by atoms with E-state index in [1.807, 2.05) is 0 Å². The highest BCUT2D eigenvalue weighted by Crippen LogP contribution is 2.31. The molecule has 0 saturated carbocycles. The highest BCUT2D eigenvalue weighted by atomic mass is 16.5. The molecule has 112 valence electrons. The summed E-state index contributed by atoms with van der Waals surface area (Å²) < 4.78 is 5.82. The zero-order valence-electron chi connectivity index (χ0n) is 13.1. The molecule has 2 rings (SSSR count). The largest absolute Gasteiger partial charge is 0.378 e. The van der Waals surface area contributed by atoms with Crippen LogP contribution in [-0.4, -0.2) is 36.7 Å². The van der Waals surface area contributed by atoms with Crippen molar-refractivity contribution in [2.75, 3.05) is 20.2 Å². The number of ether oxygens (including phenoxy) is 1. The molecule has 1 aliphatic rings. The smallest absolute Gasteiger partial charge is 0.0590 e. The molecule has 1 saturated heterocycles. The summed E-state index contributed by atoms with van der Waals surface area (Å²) in [7, 11) is 2.20. The van der Waals surface area contributed by atoms with Crippen LogP contribution < -0.4 is 5.73 Å². The van der Waals surface area contributed by atoms with Crippen LogP contribution in [0.1, 0.15) is 37.3 Å². The molecule has 0 aromatic heterocycles. The Hall–Kier alpha value is -0.900. The molecule has 0 bridgehead atoms. The molecule has 2 unspecified atom stereocenters. The van der Waals surface area contributed by atoms with Crippen LogP contribution in [0.5, 0.6) is 0 Å². The highest BCUT2D eigenvalue weighted by molar-refractivity contribution is 5.21. The van der Waals surface area contributed by atoms with Gasteiger partial charge in [-0.05, 0) is 38.8 Å². The van der Waals surface area contributed by atoms with E-state index in [4.69, 9.17) is 10.5 Å². The number of rotatable bonds is 5. The van der Waals surface area contributed by atoms with Crippen molar-refractivity contribution in [3.05, 3.63) is 35.4 Å². The summed E-state index contributed by atoms with van der Waals surface area (Å²) in [6, 6.07) is 8.79. The van der Waals surface area contributed by atoms with E-state index < -0.39 is 0 Å². The molecule has 0 radical (unpaired) electrons. The minimum atomic E-state index is 0.0871. The molecule has 20 heavy (non-hydrogen) atoms. The van der Waals surface area contributed by atoms with E-state index in [-0.39, 0.29) is 5.54 Å². The number of benzene rings is 1. The highest BCUT2D eigenvalue weighted by Gasteiger charge is 2.38. The molecule has 3 nitrogen and oxygen atoms in total. The first-order chi connectivity index (χ1) is 9.59. The van der Waals surface area contributed by atoms with Crippen LogP contribution in [0, 0.1) is 6.92 Å². The van der Waals surface area contributed by atoms with E-state index in [1.165, 1.54) is 11.1 Å². The Kier molecular flexibility index (Phi) is 5.19. The fourth-order valence-corrected chi connectivity index (χ4v) is 3.09. The van der Waals surface area contributed by atoms with Crippen molar-refractivity contribution in [3.63, 3.8) is 0 Å². The summed E-state index contributed by atoms with van der Waals surface area (Å²) in [5, 5.41) is 0. The van der Waals surface area contributed by atoms with Crippen LogP contribution in [0.15, 0.2) is 24.3 Å². The van der Waals surface area contributed by atoms with Crippen molar-refractivity contribution in [1.82, 2.24) is 4.90 Å². The topological polar surface area (TPSA) is 38.5 Å². The van der Waals surface area contributed by atoms with Crippen LogP contribution in [0.4, 0.5) is 0 Å². The molecule has 1 heterocycles. The number of nitrogens with two attached hydrogens (primary N) is 1. The van der Waals surface area contributed by atoms with Gasteiger partial charge in [0.25, 0.3) is 0 Å². The predicted molar refractivity (Wildman–Crippen MR) is 83.7 cm³/mol. The maximum Gasteiger partial charge on any atom is 0.0590 e. The molecule has 3 heteroatoms. The first-order valence-electron chi connectivity index (χ1n) is 7.68. The maximum absolute atomic E-state index is 6.14. The Balaban J connectivity index is 2.08. The average Bonchev–Trinajstić information content (AvgIpc) is 2.49. The Labute approximate surface area is 123 Å². The predicted octanol–water partition coefficient (Wildman–Crippen LogP) is 2.71. The van der Waals surface area contributed by atoms with Crippen molar-refractivity contribution in [1.29, 1.82) is 0 Å². The molecule has 1 fully saturated rings. The van der Waals surface area contributed by atoms with Crippen LogP contribution >= 0.6 is 0 Å². The summed E-state index contributed by atoms with van der Waals surface area (Å²) in [5.74, 6) is 0. The van der Waals surface area contributed by atoms with Gasteiger partial charge in [0.15, 0.2) is 0 Å². The third-order valence-corrected chi connectivity index (χ3v) is 4.71. The van der Waals surface area contributed by atoms with Gasteiger partial charge in [0, 0.05) is 25.2 Å². The maximum atomic E-state index is 6.14. The van der Waals surface area contributed by atoms with Gasteiger partial charge in [-0.3, -0.25) is 4.90 Å². The van der Waals surface area contributed by atoms with E-state index >= 15 is 0 Å². The van der Waals surface area contributed by atoms with Crippen molar-refractivity contribution in [2.24, 2.45) is 5.73 Å². The number of hydrogen-bond acceptors (Lipinski definition) is 3. The van der Waals surface area contributed by atoms with Gasteiger partial charge in [0.05, 0.1) is 6.10 Å². The molecule has 1 aliphatic heterocycles. The number of likely N-dealkylation sites (N-methyl/N-ethyl adjacent to an activating group) is 1. The first kappa shape index (κ1) is 15.5. The van der Waals surface area contributed by atoms with Gasteiger partial charge < -0.3 is 10.5 Å². The van der Waals surface area contributed by atoms with Gasteiger partial charge in [-0.2, -0.15) is 0 Å². The standard InChI is InChI=1S/C17H28N2O/c1-4-16-11-17(13-18,9-10-20-16)19(3)12-15-7-5-14(2)6-8-15/h5-8,16H,4,9-13,18H2,1-3H3. The van der Waals surface area contributed by atoms with Gasteiger partial charge in [0.2, 0.25) is 0 Å². The van der Waals surface area contributed by atoms with E-state index in [0.717, 1.165) is 32.4 Å². The summed E-state index contributed by atoms with van der Waals surface area (Å²) in [5.41, 5.74) is 8.88. The number of aryl methyl sites for hydroxylation is 1. The van der Waals surface area contributed by atoms with E-state index in [9.17, 15) is 0 Å². The van der Waals surface area contributed by atoms with E-state index in [2.05, 4.69) is 50.1 Å². The monoisotopic (exact) mass is 276 g/mol. The number of hydrogen-bond donors (Lipinski definition) is 1. The van der Waals surface area contributed by atoms with Crippen LogP contribution in [0.25, 0.3) is 0 Å².